The van der Waals surface area contributed by atoms with E-state index < -0.39 is 25.9 Å². The van der Waals surface area contributed by atoms with E-state index >= 15 is 0 Å². The minimum Gasteiger partial charge on any atom is -0.386 e. The molecule has 2 heterocycles. The van der Waals surface area contributed by atoms with Gasteiger partial charge in [-0.2, -0.15) is 0 Å². The minimum absolute atomic E-state index is 0.0534. The van der Waals surface area contributed by atoms with Crippen LogP contribution >= 0.6 is 27.3 Å². The van der Waals surface area contributed by atoms with Gasteiger partial charge < -0.3 is 5.73 Å². The summed E-state index contributed by atoms with van der Waals surface area (Å²) < 4.78 is 38.5. The molecule has 8 heteroatoms. The molecule has 0 spiro atoms. The summed E-state index contributed by atoms with van der Waals surface area (Å²) in [5, 5.41) is 0. The first-order valence-electron chi connectivity index (χ1n) is 6.09. The number of hydrogen-bond donors (Lipinski definition) is 1. The van der Waals surface area contributed by atoms with Crippen molar-refractivity contribution in [2.45, 2.75) is 37.5 Å². The Morgan fingerprint density at radius 2 is 2.15 bits per heavy atom. The lowest BCUT2D eigenvalue weighted by atomic mass is 10.0. The number of sulfone groups is 1. The molecular formula is C12H16BrFN2O2S2. The number of amidine groups is 1. The minimum atomic E-state index is -3.52. The Balaban J connectivity index is 2.65. The fourth-order valence-electron chi connectivity index (χ4n) is 2.33. The van der Waals surface area contributed by atoms with Crippen LogP contribution in [0.15, 0.2) is 14.8 Å². The van der Waals surface area contributed by atoms with Crippen molar-refractivity contribution >= 4 is 42.9 Å². The molecule has 2 rings (SSSR count). The van der Waals surface area contributed by atoms with E-state index in [1.165, 1.54) is 6.07 Å². The van der Waals surface area contributed by atoms with Gasteiger partial charge in [-0.15, -0.1) is 11.3 Å². The van der Waals surface area contributed by atoms with Crippen molar-refractivity contribution in [1.82, 2.24) is 0 Å². The van der Waals surface area contributed by atoms with Crippen LogP contribution < -0.4 is 5.73 Å². The van der Waals surface area contributed by atoms with E-state index in [4.69, 9.17) is 5.73 Å². The predicted octanol–water partition coefficient (Wildman–Crippen LogP) is 2.82. The van der Waals surface area contributed by atoms with E-state index in [9.17, 15) is 12.8 Å². The summed E-state index contributed by atoms with van der Waals surface area (Å²) in [5.74, 6) is -0.650. The molecule has 0 radical (unpaired) electrons. The molecule has 1 aliphatic heterocycles. The molecule has 1 aliphatic rings. The lowest BCUT2D eigenvalue weighted by Crippen LogP contribution is -2.56. The molecule has 0 aromatic carbocycles. The number of aliphatic imine (C=N–C) groups is 1. The number of halogens is 2. The molecule has 0 saturated heterocycles. The molecular weight excluding hydrogens is 367 g/mol. The van der Waals surface area contributed by atoms with Gasteiger partial charge in [0.15, 0.2) is 9.84 Å². The van der Waals surface area contributed by atoms with Crippen molar-refractivity contribution in [2.75, 3.05) is 5.75 Å². The summed E-state index contributed by atoms with van der Waals surface area (Å²) in [6.45, 7) is 4.93. The highest BCUT2D eigenvalue weighted by Crippen LogP contribution is 2.42. The van der Waals surface area contributed by atoms with Crippen LogP contribution in [0.1, 0.15) is 32.1 Å². The van der Waals surface area contributed by atoms with Crippen molar-refractivity contribution in [2.24, 2.45) is 10.7 Å². The molecule has 1 aromatic rings. The van der Waals surface area contributed by atoms with Crippen molar-refractivity contribution in [3.8, 4) is 0 Å². The monoisotopic (exact) mass is 382 g/mol. The summed E-state index contributed by atoms with van der Waals surface area (Å²) in [7, 11) is -3.52. The van der Waals surface area contributed by atoms with Gasteiger partial charge in [0.1, 0.15) is 21.9 Å². The second kappa shape index (κ2) is 4.78. The average molecular weight is 383 g/mol. The van der Waals surface area contributed by atoms with Gasteiger partial charge in [0.25, 0.3) is 0 Å². The van der Waals surface area contributed by atoms with Crippen molar-refractivity contribution in [1.29, 1.82) is 0 Å². The third-order valence-electron chi connectivity index (χ3n) is 3.89. The van der Waals surface area contributed by atoms with Gasteiger partial charge in [0.05, 0.1) is 14.4 Å². The molecule has 0 bridgehead atoms. The van der Waals surface area contributed by atoms with Crippen LogP contribution in [-0.2, 0) is 15.4 Å². The maximum absolute atomic E-state index is 14.0. The van der Waals surface area contributed by atoms with Gasteiger partial charge in [-0.05, 0) is 42.3 Å². The fourth-order valence-corrected chi connectivity index (χ4v) is 6.03. The Labute approximate surface area is 130 Å². The number of nitrogens with zero attached hydrogens (tertiary/aromatic N) is 1. The molecule has 1 aromatic heterocycles. The van der Waals surface area contributed by atoms with Crippen molar-refractivity contribution in [3.63, 3.8) is 0 Å². The molecule has 4 nitrogen and oxygen atoms in total. The third-order valence-corrected chi connectivity index (χ3v) is 8.57. The summed E-state index contributed by atoms with van der Waals surface area (Å²) in [6, 6.07) is 1.32. The van der Waals surface area contributed by atoms with E-state index in [2.05, 4.69) is 20.9 Å². The summed E-state index contributed by atoms with van der Waals surface area (Å²) in [5.41, 5.74) is 4.74. The third kappa shape index (κ3) is 2.21. The van der Waals surface area contributed by atoms with Crippen LogP contribution in [0.25, 0.3) is 0 Å². The van der Waals surface area contributed by atoms with Gasteiger partial charge >= 0.3 is 0 Å². The Morgan fingerprint density at radius 1 is 1.55 bits per heavy atom. The quantitative estimate of drug-likeness (QED) is 0.854. The Bertz CT molecular complexity index is 686. The summed E-state index contributed by atoms with van der Waals surface area (Å²) in [6.07, 6.45) is 0.345. The smallest absolute Gasteiger partial charge is 0.165 e. The highest BCUT2D eigenvalue weighted by atomic mass is 79.9. The maximum Gasteiger partial charge on any atom is 0.165 e. The van der Waals surface area contributed by atoms with E-state index in [1.54, 1.807) is 20.8 Å². The summed E-state index contributed by atoms with van der Waals surface area (Å²) in [4.78, 5) is 4.63. The number of rotatable bonds is 2. The fraction of sp³-hybridized carbons (Fsp3) is 0.583. The normalized spacial score (nSPS) is 33.0. The average Bonchev–Trinajstić information content (AvgIpc) is 2.65. The number of thiophene rings is 1. The van der Waals surface area contributed by atoms with Gasteiger partial charge in [-0.3, -0.25) is 4.99 Å². The lowest BCUT2D eigenvalue weighted by molar-refractivity contribution is 0.479. The Morgan fingerprint density at radius 3 is 2.55 bits per heavy atom. The van der Waals surface area contributed by atoms with Crippen LogP contribution in [0.5, 0.6) is 0 Å². The highest BCUT2D eigenvalue weighted by molar-refractivity contribution is 9.11. The number of hydrogen-bond acceptors (Lipinski definition) is 5. The van der Waals surface area contributed by atoms with Crippen LogP contribution in [-0.4, -0.2) is 24.8 Å². The zero-order valence-electron chi connectivity index (χ0n) is 11.4. The van der Waals surface area contributed by atoms with E-state index in [0.29, 0.717) is 10.2 Å². The molecule has 2 atom stereocenters. The first kappa shape index (κ1) is 15.9. The molecule has 0 unspecified atom stereocenters. The maximum atomic E-state index is 14.0. The van der Waals surface area contributed by atoms with E-state index in [0.717, 1.165) is 11.3 Å². The predicted molar refractivity (Wildman–Crippen MR) is 83.4 cm³/mol. The molecule has 0 amide bonds. The van der Waals surface area contributed by atoms with E-state index in [-0.39, 0.29) is 16.5 Å². The zero-order chi connectivity index (χ0) is 15.3. The first-order valence-corrected chi connectivity index (χ1v) is 9.35. The van der Waals surface area contributed by atoms with Gasteiger partial charge in [-0.25, -0.2) is 12.8 Å². The molecule has 0 fully saturated rings. The lowest BCUT2D eigenvalue weighted by Gasteiger charge is -2.38. The van der Waals surface area contributed by atoms with Crippen LogP contribution in [0.4, 0.5) is 4.39 Å². The van der Waals surface area contributed by atoms with Gasteiger partial charge in [-0.1, -0.05) is 6.92 Å². The molecule has 112 valence electrons. The molecule has 2 N–H and O–H groups in total. The second-order valence-corrected chi connectivity index (χ2v) is 10.2. The largest absolute Gasteiger partial charge is 0.386 e. The molecule has 0 aliphatic carbocycles. The zero-order valence-corrected chi connectivity index (χ0v) is 14.6. The van der Waals surface area contributed by atoms with Crippen LogP contribution in [0.3, 0.4) is 0 Å². The van der Waals surface area contributed by atoms with Crippen LogP contribution in [0, 0.1) is 5.82 Å². The second-order valence-electron chi connectivity index (χ2n) is 5.34. The molecule has 0 saturated carbocycles. The van der Waals surface area contributed by atoms with Crippen molar-refractivity contribution < 1.29 is 12.8 Å². The van der Waals surface area contributed by atoms with E-state index in [1.807, 2.05) is 0 Å². The summed E-state index contributed by atoms with van der Waals surface area (Å²) >= 11 is 4.35. The van der Waals surface area contributed by atoms with Crippen LogP contribution in [0.2, 0.25) is 0 Å². The molecule has 20 heavy (non-hydrogen) atoms. The van der Waals surface area contributed by atoms with Gasteiger partial charge in [0.2, 0.25) is 0 Å². The SMILES string of the molecule is CC[C@]1(C)C(N)=N[C@](C)(c2sc(Br)cc2F)CS1(=O)=O. The van der Waals surface area contributed by atoms with Crippen molar-refractivity contribution in [3.05, 3.63) is 20.5 Å². The Kier molecular flexibility index (Phi) is 3.80. The van der Waals surface area contributed by atoms with Gasteiger partial charge in [0, 0.05) is 0 Å². The Hall–Kier alpha value is -0.470. The first-order chi connectivity index (χ1) is 9.06. The standard InChI is InChI=1S/C12H16BrFN2O2S2/c1-4-12(3)10(15)16-11(2,6-20(12,17)18)9-7(14)5-8(13)19-9/h5H,4,6H2,1-3H3,(H2,15,16)/t11-,12+/m0/s1. The highest BCUT2D eigenvalue weighted by Gasteiger charge is 2.51. The topological polar surface area (TPSA) is 72.5 Å². The number of nitrogens with two attached hydrogens (primary N) is 1.